The largest absolute Gasteiger partial charge is 0.370 e. The molecule has 0 aliphatic carbocycles. The standard InChI is InChI=1S/C6H14N4O/c1-2-9-4-3-5(11)10-6(7)8/h9H,2-4H2,1H3,(H4,7,8,10,11). The summed E-state index contributed by atoms with van der Waals surface area (Å²) in [5.74, 6) is -0.461. The van der Waals surface area contributed by atoms with Gasteiger partial charge in [-0.2, -0.15) is 4.99 Å². The average molecular weight is 158 g/mol. The molecule has 0 aromatic carbocycles. The molecule has 0 radical (unpaired) electrons. The van der Waals surface area contributed by atoms with Crippen molar-refractivity contribution < 1.29 is 4.79 Å². The molecule has 0 spiro atoms. The highest BCUT2D eigenvalue weighted by Crippen LogP contribution is 1.81. The first-order chi connectivity index (χ1) is 5.16. The summed E-state index contributed by atoms with van der Waals surface area (Å²) in [6, 6.07) is 0. The third-order valence-electron chi connectivity index (χ3n) is 1.02. The Kier molecular flexibility index (Phi) is 5.10. The van der Waals surface area contributed by atoms with Crippen LogP contribution in [0.25, 0.3) is 0 Å². The summed E-state index contributed by atoms with van der Waals surface area (Å²) in [5.41, 5.74) is 9.97. The van der Waals surface area contributed by atoms with Crippen molar-refractivity contribution in [3.05, 3.63) is 0 Å². The zero-order valence-corrected chi connectivity index (χ0v) is 6.63. The van der Waals surface area contributed by atoms with Crippen LogP contribution in [0.5, 0.6) is 0 Å². The Labute approximate surface area is 65.9 Å². The molecule has 5 N–H and O–H groups in total. The number of hydrogen-bond donors (Lipinski definition) is 3. The Morgan fingerprint density at radius 2 is 2.18 bits per heavy atom. The highest BCUT2D eigenvalue weighted by molar-refractivity contribution is 5.91. The lowest BCUT2D eigenvalue weighted by molar-refractivity contribution is -0.117. The lowest BCUT2D eigenvalue weighted by Gasteiger charge is -1.96. The molecule has 5 nitrogen and oxygen atoms in total. The van der Waals surface area contributed by atoms with Crippen LogP contribution in [-0.4, -0.2) is 25.0 Å². The lowest BCUT2D eigenvalue weighted by Crippen LogP contribution is -2.25. The van der Waals surface area contributed by atoms with Crippen molar-refractivity contribution in [3.63, 3.8) is 0 Å². The van der Waals surface area contributed by atoms with Gasteiger partial charge >= 0.3 is 0 Å². The van der Waals surface area contributed by atoms with Gasteiger partial charge in [-0.15, -0.1) is 0 Å². The molecule has 5 heteroatoms. The maximum absolute atomic E-state index is 10.7. The third-order valence-corrected chi connectivity index (χ3v) is 1.02. The van der Waals surface area contributed by atoms with Crippen LogP contribution in [0.15, 0.2) is 4.99 Å². The number of carbonyl (C=O) groups excluding carboxylic acids is 1. The summed E-state index contributed by atoms with van der Waals surface area (Å²) in [6.07, 6.45) is 0.339. The van der Waals surface area contributed by atoms with Crippen LogP contribution in [0.1, 0.15) is 13.3 Å². The molecular formula is C6H14N4O. The molecule has 1 amide bonds. The van der Waals surface area contributed by atoms with E-state index < -0.39 is 0 Å². The van der Waals surface area contributed by atoms with Crippen molar-refractivity contribution in [1.82, 2.24) is 5.32 Å². The fraction of sp³-hybridized carbons (Fsp3) is 0.667. The molecule has 0 aliphatic heterocycles. The number of nitrogens with one attached hydrogen (secondary N) is 1. The highest BCUT2D eigenvalue weighted by atomic mass is 16.1. The summed E-state index contributed by atoms with van der Waals surface area (Å²) in [4.78, 5) is 14.1. The fourth-order valence-corrected chi connectivity index (χ4v) is 0.572. The number of carbonyl (C=O) groups is 1. The third kappa shape index (κ3) is 6.79. The SMILES string of the molecule is CCNCCC(=O)N=C(N)N. The first kappa shape index (κ1) is 9.90. The van der Waals surface area contributed by atoms with Gasteiger partial charge in [0.25, 0.3) is 0 Å². The maximum Gasteiger partial charge on any atom is 0.250 e. The minimum absolute atomic E-state index is 0.175. The number of amides is 1. The van der Waals surface area contributed by atoms with E-state index in [-0.39, 0.29) is 11.9 Å². The van der Waals surface area contributed by atoms with Gasteiger partial charge in [0.15, 0.2) is 5.96 Å². The minimum Gasteiger partial charge on any atom is -0.370 e. The van der Waals surface area contributed by atoms with Gasteiger partial charge in [0, 0.05) is 13.0 Å². The zero-order chi connectivity index (χ0) is 8.69. The van der Waals surface area contributed by atoms with E-state index in [1.54, 1.807) is 0 Å². The van der Waals surface area contributed by atoms with E-state index in [2.05, 4.69) is 10.3 Å². The zero-order valence-electron chi connectivity index (χ0n) is 6.63. The quantitative estimate of drug-likeness (QED) is 0.272. The Hall–Kier alpha value is -1.10. The molecule has 0 saturated carbocycles. The predicted molar refractivity (Wildman–Crippen MR) is 44.0 cm³/mol. The molecule has 0 atom stereocenters. The van der Waals surface area contributed by atoms with E-state index in [1.807, 2.05) is 6.92 Å². The minimum atomic E-state index is -0.286. The number of guanidine groups is 1. The normalized spacial score (nSPS) is 9.18. The highest BCUT2D eigenvalue weighted by Gasteiger charge is 1.97. The molecule has 0 unspecified atom stereocenters. The van der Waals surface area contributed by atoms with Gasteiger partial charge in [-0.1, -0.05) is 6.92 Å². The molecular weight excluding hydrogens is 144 g/mol. The van der Waals surface area contributed by atoms with Crippen LogP contribution in [0.3, 0.4) is 0 Å². The molecule has 0 rings (SSSR count). The summed E-state index contributed by atoms with van der Waals surface area (Å²) in [6.45, 7) is 3.42. The summed E-state index contributed by atoms with van der Waals surface area (Å²) in [5, 5.41) is 2.98. The fourth-order valence-electron chi connectivity index (χ4n) is 0.572. The molecule has 0 saturated heterocycles. The summed E-state index contributed by atoms with van der Waals surface area (Å²) in [7, 11) is 0. The molecule has 0 aliphatic rings. The number of nitrogens with two attached hydrogens (primary N) is 2. The molecule has 64 valence electrons. The van der Waals surface area contributed by atoms with Crippen molar-refractivity contribution in [2.45, 2.75) is 13.3 Å². The Balaban J connectivity index is 3.46. The van der Waals surface area contributed by atoms with Crippen molar-refractivity contribution in [1.29, 1.82) is 0 Å². The first-order valence-corrected chi connectivity index (χ1v) is 3.50. The van der Waals surface area contributed by atoms with E-state index in [0.717, 1.165) is 6.54 Å². The van der Waals surface area contributed by atoms with E-state index in [4.69, 9.17) is 11.5 Å². The Bertz CT molecular complexity index is 151. The smallest absolute Gasteiger partial charge is 0.250 e. The second-order valence-electron chi connectivity index (χ2n) is 2.03. The second kappa shape index (κ2) is 5.67. The Morgan fingerprint density at radius 3 is 2.64 bits per heavy atom. The number of aliphatic imine (C=N–C) groups is 1. The van der Waals surface area contributed by atoms with Gasteiger partial charge in [0.2, 0.25) is 5.91 Å². The van der Waals surface area contributed by atoms with E-state index in [0.29, 0.717) is 13.0 Å². The number of rotatable bonds is 4. The summed E-state index contributed by atoms with van der Waals surface area (Å²) >= 11 is 0. The predicted octanol–water partition coefficient (Wildman–Crippen LogP) is -1.21. The van der Waals surface area contributed by atoms with Gasteiger partial charge in [0.05, 0.1) is 0 Å². The Morgan fingerprint density at radius 1 is 1.55 bits per heavy atom. The van der Waals surface area contributed by atoms with E-state index in [9.17, 15) is 4.79 Å². The topological polar surface area (TPSA) is 93.5 Å². The van der Waals surface area contributed by atoms with Gasteiger partial charge < -0.3 is 16.8 Å². The van der Waals surface area contributed by atoms with E-state index >= 15 is 0 Å². The summed E-state index contributed by atoms with van der Waals surface area (Å²) < 4.78 is 0. The molecule has 0 fully saturated rings. The van der Waals surface area contributed by atoms with Crippen LogP contribution in [0.4, 0.5) is 0 Å². The van der Waals surface area contributed by atoms with Crippen LogP contribution in [0, 0.1) is 0 Å². The second-order valence-corrected chi connectivity index (χ2v) is 2.03. The maximum atomic E-state index is 10.7. The average Bonchev–Trinajstić information content (AvgIpc) is 1.86. The number of nitrogens with zero attached hydrogens (tertiary/aromatic N) is 1. The van der Waals surface area contributed by atoms with Crippen LogP contribution >= 0.6 is 0 Å². The van der Waals surface area contributed by atoms with Crippen LogP contribution in [-0.2, 0) is 4.79 Å². The van der Waals surface area contributed by atoms with Crippen LogP contribution in [0.2, 0.25) is 0 Å². The number of hydrogen-bond acceptors (Lipinski definition) is 2. The van der Waals surface area contributed by atoms with Gasteiger partial charge in [-0.05, 0) is 6.54 Å². The molecule has 0 aromatic rings. The van der Waals surface area contributed by atoms with Crippen LogP contribution < -0.4 is 16.8 Å². The molecule has 0 heterocycles. The lowest BCUT2D eigenvalue weighted by atomic mass is 10.4. The van der Waals surface area contributed by atoms with Crippen molar-refractivity contribution in [2.75, 3.05) is 13.1 Å². The van der Waals surface area contributed by atoms with Crippen molar-refractivity contribution in [3.8, 4) is 0 Å². The molecule has 0 aromatic heterocycles. The van der Waals surface area contributed by atoms with Gasteiger partial charge in [-0.3, -0.25) is 4.79 Å². The van der Waals surface area contributed by atoms with Gasteiger partial charge in [0.1, 0.15) is 0 Å². The molecule has 0 bridgehead atoms. The van der Waals surface area contributed by atoms with E-state index in [1.165, 1.54) is 0 Å². The molecule has 11 heavy (non-hydrogen) atoms. The monoisotopic (exact) mass is 158 g/mol. The van der Waals surface area contributed by atoms with Crippen molar-refractivity contribution >= 4 is 11.9 Å². The van der Waals surface area contributed by atoms with Gasteiger partial charge in [-0.25, -0.2) is 0 Å². The van der Waals surface area contributed by atoms with Crippen molar-refractivity contribution in [2.24, 2.45) is 16.5 Å². The first-order valence-electron chi connectivity index (χ1n) is 3.50.